The summed E-state index contributed by atoms with van der Waals surface area (Å²) in [7, 11) is -3.73. The number of ketones is 1. The Bertz CT molecular complexity index is 1190. The lowest BCUT2D eigenvalue weighted by Crippen LogP contribution is -2.40. The number of hydrogen-bond acceptors (Lipinski definition) is 7. The van der Waals surface area contributed by atoms with E-state index in [2.05, 4.69) is 0 Å². The highest BCUT2D eigenvalue weighted by molar-refractivity contribution is 7.89. The monoisotopic (exact) mass is 487 g/mol. The van der Waals surface area contributed by atoms with Crippen molar-refractivity contribution in [3.8, 4) is 11.5 Å². The second kappa shape index (κ2) is 9.76. The van der Waals surface area contributed by atoms with E-state index in [9.17, 15) is 18.0 Å². The number of Topliss-reactive ketones (excluding diaryl/α,β-unsaturated/α-hetero) is 1. The largest absolute Gasteiger partial charge is 0.486 e. The molecular weight excluding hydrogens is 458 g/mol. The molecule has 2 aromatic carbocycles. The summed E-state index contributed by atoms with van der Waals surface area (Å²) in [6.07, 6.45) is 0.665. The molecule has 34 heavy (non-hydrogen) atoms. The highest BCUT2D eigenvalue weighted by atomic mass is 32.2. The van der Waals surface area contributed by atoms with E-state index < -0.39 is 21.9 Å². The number of carbonyl (C=O) groups is 2. The third kappa shape index (κ3) is 4.95. The van der Waals surface area contributed by atoms with Gasteiger partial charge in [-0.05, 0) is 56.9 Å². The van der Waals surface area contributed by atoms with E-state index in [0.717, 1.165) is 16.7 Å². The third-order valence-electron chi connectivity index (χ3n) is 6.24. The number of fused-ring (bicyclic) bond motifs is 1. The van der Waals surface area contributed by atoms with Crippen LogP contribution in [-0.2, 0) is 19.6 Å². The molecule has 0 spiro atoms. The van der Waals surface area contributed by atoms with E-state index in [0.29, 0.717) is 43.1 Å². The van der Waals surface area contributed by atoms with E-state index in [1.54, 1.807) is 6.07 Å². The summed E-state index contributed by atoms with van der Waals surface area (Å²) < 4.78 is 43.8. The minimum atomic E-state index is -3.73. The molecule has 0 radical (unpaired) electrons. The van der Waals surface area contributed by atoms with Crippen LogP contribution < -0.4 is 9.47 Å². The summed E-state index contributed by atoms with van der Waals surface area (Å²) in [5.41, 5.74) is 3.37. The molecule has 4 rings (SSSR count). The van der Waals surface area contributed by atoms with Crippen LogP contribution in [0.4, 0.5) is 0 Å². The highest BCUT2D eigenvalue weighted by Gasteiger charge is 2.33. The van der Waals surface area contributed by atoms with Gasteiger partial charge in [0.05, 0.1) is 10.8 Å². The number of hydrogen-bond donors (Lipinski definition) is 0. The molecule has 0 amide bonds. The molecule has 0 N–H and O–H groups in total. The number of piperidine rings is 1. The Morgan fingerprint density at radius 2 is 1.59 bits per heavy atom. The van der Waals surface area contributed by atoms with E-state index >= 15 is 0 Å². The van der Waals surface area contributed by atoms with Gasteiger partial charge in [0.1, 0.15) is 13.2 Å². The average Bonchev–Trinajstić information content (AvgIpc) is 2.81. The van der Waals surface area contributed by atoms with Crippen LogP contribution in [-0.4, -0.2) is 57.4 Å². The van der Waals surface area contributed by atoms with Crippen molar-refractivity contribution in [2.75, 3.05) is 32.9 Å². The van der Waals surface area contributed by atoms with Crippen LogP contribution in [0.15, 0.2) is 35.2 Å². The van der Waals surface area contributed by atoms with Gasteiger partial charge in [0, 0.05) is 24.7 Å². The summed E-state index contributed by atoms with van der Waals surface area (Å²) in [4.78, 5) is 25.3. The normalized spacial score (nSPS) is 16.8. The first-order valence-corrected chi connectivity index (χ1v) is 12.8. The van der Waals surface area contributed by atoms with Crippen molar-refractivity contribution in [2.24, 2.45) is 5.92 Å². The lowest BCUT2D eigenvalue weighted by atomic mass is 9.96. The van der Waals surface area contributed by atoms with E-state index in [1.165, 1.54) is 16.4 Å². The molecule has 0 atom stereocenters. The van der Waals surface area contributed by atoms with Crippen LogP contribution in [0.25, 0.3) is 0 Å². The van der Waals surface area contributed by atoms with Crippen molar-refractivity contribution in [1.82, 2.24) is 4.31 Å². The molecule has 8 nitrogen and oxygen atoms in total. The van der Waals surface area contributed by atoms with Crippen LogP contribution >= 0.6 is 0 Å². The van der Waals surface area contributed by atoms with Gasteiger partial charge in [-0.25, -0.2) is 8.42 Å². The molecule has 2 aliphatic heterocycles. The fourth-order valence-electron chi connectivity index (χ4n) is 4.61. The van der Waals surface area contributed by atoms with Gasteiger partial charge in [-0.3, -0.25) is 9.59 Å². The number of carbonyl (C=O) groups excluding carboxylic acids is 2. The number of ether oxygens (including phenoxy) is 3. The topological polar surface area (TPSA) is 99.2 Å². The van der Waals surface area contributed by atoms with Crippen molar-refractivity contribution in [2.45, 2.75) is 38.5 Å². The summed E-state index contributed by atoms with van der Waals surface area (Å²) in [6.45, 7) is 6.57. The predicted octanol–water partition coefficient (Wildman–Crippen LogP) is 3.21. The zero-order chi connectivity index (χ0) is 24.5. The molecule has 1 fully saturated rings. The number of nitrogens with zero attached hydrogens (tertiary/aromatic N) is 1. The summed E-state index contributed by atoms with van der Waals surface area (Å²) in [6, 6.07) is 8.44. The van der Waals surface area contributed by atoms with Gasteiger partial charge in [-0.15, -0.1) is 0 Å². The van der Waals surface area contributed by atoms with Gasteiger partial charge in [-0.2, -0.15) is 4.31 Å². The molecule has 2 aliphatic rings. The maximum Gasteiger partial charge on any atom is 0.309 e. The lowest BCUT2D eigenvalue weighted by molar-refractivity contribution is -0.148. The predicted molar refractivity (Wildman–Crippen MR) is 125 cm³/mol. The van der Waals surface area contributed by atoms with Crippen molar-refractivity contribution < 1.29 is 32.2 Å². The van der Waals surface area contributed by atoms with Crippen LogP contribution in [0.3, 0.4) is 0 Å². The Morgan fingerprint density at radius 3 is 2.24 bits per heavy atom. The van der Waals surface area contributed by atoms with Gasteiger partial charge < -0.3 is 14.2 Å². The van der Waals surface area contributed by atoms with Crippen molar-refractivity contribution in [3.63, 3.8) is 0 Å². The molecule has 2 heterocycles. The summed E-state index contributed by atoms with van der Waals surface area (Å²) in [5.74, 6) is -0.208. The molecule has 0 aliphatic carbocycles. The molecule has 0 saturated carbocycles. The number of rotatable bonds is 6. The smallest absolute Gasteiger partial charge is 0.309 e. The molecule has 1 saturated heterocycles. The Hall–Kier alpha value is -2.91. The zero-order valence-corrected chi connectivity index (χ0v) is 20.4. The molecule has 0 unspecified atom stereocenters. The zero-order valence-electron chi connectivity index (χ0n) is 19.6. The number of esters is 1. The first-order valence-electron chi connectivity index (χ1n) is 11.3. The Morgan fingerprint density at radius 1 is 0.971 bits per heavy atom. The van der Waals surface area contributed by atoms with Crippen molar-refractivity contribution >= 4 is 21.8 Å². The fourth-order valence-corrected chi connectivity index (χ4v) is 6.10. The maximum absolute atomic E-state index is 13.1. The Balaban J connectivity index is 1.33. The minimum Gasteiger partial charge on any atom is -0.486 e. The SMILES string of the molecule is Cc1cc(C)c(C(=O)COC(=O)C2CCN(S(=O)(=O)c3ccc4c(c3)OCCO4)CC2)c(C)c1. The van der Waals surface area contributed by atoms with Gasteiger partial charge in [0.15, 0.2) is 18.1 Å². The van der Waals surface area contributed by atoms with Gasteiger partial charge >= 0.3 is 5.97 Å². The van der Waals surface area contributed by atoms with Crippen molar-refractivity contribution in [1.29, 1.82) is 0 Å². The minimum absolute atomic E-state index is 0.132. The quantitative estimate of drug-likeness (QED) is 0.456. The van der Waals surface area contributed by atoms with Crippen LogP contribution in [0.1, 0.15) is 39.9 Å². The van der Waals surface area contributed by atoms with Crippen LogP contribution in [0, 0.1) is 26.7 Å². The lowest BCUT2D eigenvalue weighted by Gasteiger charge is -2.30. The van der Waals surface area contributed by atoms with E-state index in [1.807, 2.05) is 32.9 Å². The first kappa shape index (κ1) is 24.2. The van der Waals surface area contributed by atoms with Crippen molar-refractivity contribution in [3.05, 3.63) is 52.6 Å². The molecular formula is C25H29NO7S. The standard InChI is InChI=1S/C25H29NO7S/c1-16-12-17(2)24(18(3)13-16)21(27)15-33-25(28)19-6-8-26(9-7-19)34(29,30)20-4-5-22-23(14-20)32-11-10-31-22/h4-5,12-14,19H,6-11,15H2,1-3H3. The molecule has 0 aromatic heterocycles. The van der Waals surface area contributed by atoms with Gasteiger partial charge in [-0.1, -0.05) is 17.7 Å². The fraction of sp³-hybridized carbons (Fsp3) is 0.440. The third-order valence-corrected chi connectivity index (χ3v) is 8.13. The molecule has 182 valence electrons. The Labute approximate surface area is 199 Å². The molecule has 0 bridgehead atoms. The van der Waals surface area contributed by atoms with E-state index in [-0.39, 0.29) is 30.4 Å². The second-order valence-electron chi connectivity index (χ2n) is 8.79. The molecule has 2 aromatic rings. The molecule has 9 heteroatoms. The first-order chi connectivity index (χ1) is 16.2. The van der Waals surface area contributed by atoms with Gasteiger partial charge in [0.25, 0.3) is 0 Å². The van der Waals surface area contributed by atoms with Gasteiger partial charge in [0.2, 0.25) is 15.8 Å². The summed E-state index contributed by atoms with van der Waals surface area (Å²) >= 11 is 0. The number of aryl methyl sites for hydroxylation is 3. The summed E-state index contributed by atoms with van der Waals surface area (Å²) in [5, 5.41) is 0. The number of benzene rings is 2. The number of sulfonamides is 1. The Kier molecular flexibility index (Phi) is 6.95. The van der Waals surface area contributed by atoms with Crippen LogP contribution in [0.2, 0.25) is 0 Å². The average molecular weight is 488 g/mol. The maximum atomic E-state index is 13.1. The van der Waals surface area contributed by atoms with E-state index in [4.69, 9.17) is 14.2 Å². The van der Waals surface area contributed by atoms with Crippen LogP contribution in [0.5, 0.6) is 11.5 Å². The second-order valence-corrected chi connectivity index (χ2v) is 10.7. The highest BCUT2D eigenvalue weighted by Crippen LogP contribution is 2.34.